The molecule has 1 aliphatic heterocycles. The van der Waals surface area contributed by atoms with E-state index in [0.29, 0.717) is 11.5 Å². The first-order valence-electron chi connectivity index (χ1n) is 11.3. The molecule has 2 aromatic carbocycles. The Morgan fingerprint density at radius 3 is 2.67 bits per heavy atom. The average molecular weight is 402 g/mol. The van der Waals surface area contributed by atoms with Crippen LogP contribution < -0.4 is 5.32 Å². The van der Waals surface area contributed by atoms with Crippen LogP contribution >= 0.6 is 0 Å². The highest BCUT2D eigenvalue weighted by Gasteiger charge is 2.26. The Morgan fingerprint density at radius 2 is 1.90 bits per heavy atom. The molecule has 0 radical (unpaired) electrons. The first-order valence-corrected chi connectivity index (χ1v) is 11.3. The summed E-state index contributed by atoms with van der Waals surface area (Å²) in [5.41, 5.74) is 4.63. The fourth-order valence-electron chi connectivity index (χ4n) is 5.47. The zero-order chi connectivity index (χ0) is 20.9. The second-order valence-corrected chi connectivity index (χ2v) is 10.4. The molecule has 1 N–H and O–H groups in total. The number of hydrogen-bond donors (Lipinski definition) is 1. The Balaban J connectivity index is 1.31. The number of hydrogen-bond acceptors (Lipinski definition) is 2. The van der Waals surface area contributed by atoms with Gasteiger partial charge in [0.2, 0.25) is 0 Å². The minimum absolute atomic E-state index is 0.00244. The third kappa shape index (κ3) is 3.64. The van der Waals surface area contributed by atoms with Gasteiger partial charge in [0.1, 0.15) is 0 Å². The number of nitrogens with zero attached hydrogens (tertiary/aromatic N) is 2. The molecular weight excluding hydrogens is 370 g/mol. The molecular formula is C26H31N3O. The molecule has 1 aromatic heterocycles. The van der Waals surface area contributed by atoms with Crippen LogP contribution in [-0.4, -0.2) is 15.7 Å². The highest BCUT2D eigenvalue weighted by Crippen LogP contribution is 2.39. The summed E-state index contributed by atoms with van der Waals surface area (Å²) in [5, 5.41) is 9.92. The van der Waals surface area contributed by atoms with Gasteiger partial charge in [-0.1, -0.05) is 39.0 Å². The van der Waals surface area contributed by atoms with Crippen molar-refractivity contribution in [1.29, 1.82) is 0 Å². The lowest BCUT2D eigenvalue weighted by Crippen LogP contribution is -2.22. The fraction of sp³-hybridized carbons (Fsp3) is 0.462. The van der Waals surface area contributed by atoms with Crippen LogP contribution in [0.25, 0.3) is 10.8 Å². The molecule has 1 amide bonds. The van der Waals surface area contributed by atoms with Crippen LogP contribution in [0, 0.1) is 11.3 Å². The minimum atomic E-state index is 0.00244. The van der Waals surface area contributed by atoms with E-state index in [1.807, 2.05) is 24.4 Å². The van der Waals surface area contributed by atoms with Gasteiger partial charge in [-0.05, 0) is 72.1 Å². The van der Waals surface area contributed by atoms with E-state index < -0.39 is 0 Å². The van der Waals surface area contributed by atoms with Crippen molar-refractivity contribution in [3.8, 4) is 0 Å². The second-order valence-electron chi connectivity index (χ2n) is 10.4. The van der Waals surface area contributed by atoms with Gasteiger partial charge in [0.25, 0.3) is 5.91 Å². The third-order valence-electron chi connectivity index (χ3n) is 6.76. The largest absolute Gasteiger partial charge is 0.321 e. The van der Waals surface area contributed by atoms with Crippen LogP contribution in [0.2, 0.25) is 0 Å². The molecule has 3 aromatic rings. The summed E-state index contributed by atoms with van der Waals surface area (Å²) in [7, 11) is 0. The Kier molecular flexibility index (Phi) is 4.68. The Morgan fingerprint density at radius 1 is 1.10 bits per heavy atom. The van der Waals surface area contributed by atoms with E-state index in [2.05, 4.69) is 49.1 Å². The predicted octanol–water partition coefficient (Wildman–Crippen LogP) is 6.36. The number of rotatable bonds is 4. The van der Waals surface area contributed by atoms with Crippen molar-refractivity contribution >= 4 is 22.4 Å². The maximum Gasteiger partial charge on any atom is 0.256 e. The average Bonchev–Trinajstić information content (AvgIpc) is 3.29. The fourth-order valence-corrected chi connectivity index (χ4v) is 5.47. The number of anilines is 1. The number of benzene rings is 2. The van der Waals surface area contributed by atoms with Crippen LogP contribution in [0.3, 0.4) is 0 Å². The number of carbonyl (C=O) groups excluding carboxylic acids is 1. The van der Waals surface area contributed by atoms with Crippen LogP contribution in [0.1, 0.15) is 80.4 Å². The molecule has 2 heterocycles. The summed E-state index contributed by atoms with van der Waals surface area (Å²) >= 11 is 0. The standard InChI is InChI=1S/C26H31N3O/c1-26(2,3)14-17-7-10-20(11-8-17)29-16-18(15-27-29)13-19-9-12-23-24-21(19)5-4-6-22(24)25(30)28-23/h4-6,9,12,15-17,20H,7-8,10-11,13-14H2,1-3H3,(H,28,30)/t17-,20+. The van der Waals surface area contributed by atoms with E-state index >= 15 is 0 Å². The monoisotopic (exact) mass is 401 g/mol. The highest BCUT2D eigenvalue weighted by atomic mass is 16.1. The maximum atomic E-state index is 12.2. The third-order valence-corrected chi connectivity index (χ3v) is 6.76. The lowest BCUT2D eigenvalue weighted by atomic mass is 9.76. The predicted molar refractivity (Wildman–Crippen MR) is 122 cm³/mol. The van der Waals surface area contributed by atoms with Gasteiger partial charge in [-0.25, -0.2) is 0 Å². The summed E-state index contributed by atoms with van der Waals surface area (Å²) in [6, 6.07) is 10.7. The Bertz CT molecular complexity index is 1100. The molecule has 1 saturated carbocycles. The molecule has 4 heteroatoms. The molecule has 0 spiro atoms. The molecule has 0 atom stereocenters. The van der Waals surface area contributed by atoms with E-state index in [9.17, 15) is 4.79 Å². The molecule has 0 saturated heterocycles. The SMILES string of the molecule is CC(C)(C)C[C@H]1CC[C@@H](n2cc(Cc3ccc4c5c(cccc35)C(=O)N4)cn2)CC1. The molecule has 1 aliphatic carbocycles. The number of carbonyl (C=O) groups is 1. The van der Waals surface area contributed by atoms with Crippen LogP contribution in [0.5, 0.6) is 0 Å². The molecule has 0 unspecified atom stereocenters. The van der Waals surface area contributed by atoms with Gasteiger partial charge in [0.05, 0.1) is 12.2 Å². The van der Waals surface area contributed by atoms with E-state index in [4.69, 9.17) is 5.10 Å². The molecule has 2 aliphatic rings. The zero-order valence-corrected chi connectivity index (χ0v) is 18.2. The van der Waals surface area contributed by atoms with Gasteiger partial charge >= 0.3 is 0 Å². The van der Waals surface area contributed by atoms with Crippen molar-refractivity contribution in [2.24, 2.45) is 11.3 Å². The van der Waals surface area contributed by atoms with Crippen molar-refractivity contribution in [3.05, 3.63) is 59.4 Å². The second kappa shape index (κ2) is 7.26. The van der Waals surface area contributed by atoms with Gasteiger partial charge in [-0.3, -0.25) is 9.48 Å². The van der Waals surface area contributed by atoms with Crippen molar-refractivity contribution < 1.29 is 4.79 Å². The summed E-state index contributed by atoms with van der Waals surface area (Å²) in [6.07, 6.45) is 11.5. The van der Waals surface area contributed by atoms with E-state index in [-0.39, 0.29) is 5.91 Å². The van der Waals surface area contributed by atoms with E-state index in [1.165, 1.54) is 48.6 Å². The lowest BCUT2D eigenvalue weighted by Gasteiger charge is -2.32. The van der Waals surface area contributed by atoms with Crippen molar-refractivity contribution in [2.75, 3.05) is 5.32 Å². The van der Waals surface area contributed by atoms with Gasteiger partial charge in [-0.15, -0.1) is 0 Å². The Hall–Kier alpha value is -2.62. The summed E-state index contributed by atoms with van der Waals surface area (Å²) in [6.45, 7) is 7.06. The van der Waals surface area contributed by atoms with Crippen molar-refractivity contribution in [3.63, 3.8) is 0 Å². The molecule has 1 fully saturated rings. The zero-order valence-electron chi connectivity index (χ0n) is 18.2. The Labute approximate surface area is 178 Å². The van der Waals surface area contributed by atoms with Gasteiger partial charge < -0.3 is 5.32 Å². The normalized spacial score (nSPS) is 21.2. The topological polar surface area (TPSA) is 46.9 Å². The van der Waals surface area contributed by atoms with E-state index in [0.717, 1.165) is 29.0 Å². The molecule has 5 rings (SSSR count). The summed E-state index contributed by atoms with van der Waals surface area (Å²) < 4.78 is 2.20. The highest BCUT2D eigenvalue weighted by molar-refractivity contribution is 6.24. The molecule has 30 heavy (non-hydrogen) atoms. The van der Waals surface area contributed by atoms with Crippen molar-refractivity contribution in [1.82, 2.24) is 9.78 Å². The van der Waals surface area contributed by atoms with Crippen LogP contribution in [0.15, 0.2) is 42.7 Å². The van der Waals surface area contributed by atoms with Crippen LogP contribution in [-0.2, 0) is 6.42 Å². The van der Waals surface area contributed by atoms with Gasteiger partial charge in [-0.2, -0.15) is 5.10 Å². The molecule has 0 bridgehead atoms. The number of nitrogens with one attached hydrogen (secondary N) is 1. The molecule has 4 nitrogen and oxygen atoms in total. The first kappa shape index (κ1) is 19.3. The number of aromatic nitrogens is 2. The number of amides is 1. The summed E-state index contributed by atoms with van der Waals surface area (Å²) in [4.78, 5) is 12.2. The van der Waals surface area contributed by atoms with E-state index in [1.54, 1.807) is 0 Å². The van der Waals surface area contributed by atoms with Gasteiger partial charge in [0, 0.05) is 29.3 Å². The van der Waals surface area contributed by atoms with Crippen LogP contribution in [0.4, 0.5) is 5.69 Å². The first-order chi connectivity index (χ1) is 14.4. The minimum Gasteiger partial charge on any atom is -0.321 e. The molecule has 156 valence electrons. The van der Waals surface area contributed by atoms with Crippen molar-refractivity contribution in [2.45, 2.75) is 65.3 Å². The quantitative estimate of drug-likeness (QED) is 0.553. The lowest BCUT2D eigenvalue weighted by molar-refractivity contribution is 0.103. The maximum absolute atomic E-state index is 12.2. The van der Waals surface area contributed by atoms with Gasteiger partial charge in [0.15, 0.2) is 0 Å². The smallest absolute Gasteiger partial charge is 0.256 e. The summed E-state index contributed by atoms with van der Waals surface area (Å²) in [5.74, 6) is 0.865.